The topological polar surface area (TPSA) is 53.4 Å². The van der Waals surface area contributed by atoms with Crippen molar-refractivity contribution in [3.63, 3.8) is 0 Å². The number of hydrogen-bond acceptors (Lipinski definition) is 4. The molecule has 0 radical (unpaired) electrons. The smallest absolute Gasteiger partial charge is 0.449 e. The normalized spacial score (nSPS) is 19.6. The second-order valence-electron chi connectivity index (χ2n) is 5.41. The van der Waals surface area contributed by atoms with Gasteiger partial charge < -0.3 is 14.0 Å². The maximum absolute atomic E-state index is 12.8. The fraction of sp³-hybridized carbons (Fsp3) is 0.714. The van der Waals surface area contributed by atoms with Crippen LogP contribution >= 0.6 is 0 Å². The average molecular weight is 320 g/mol. The lowest BCUT2D eigenvalue weighted by molar-refractivity contribution is -0.150. The summed E-state index contributed by atoms with van der Waals surface area (Å²) in [4.78, 5) is 15.4. The summed E-state index contributed by atoms with van der Waals surface area (Å²) in [7, 11) is 1.58. The van der Waals surface area contributed by atoms with Crippen LogP contribution in [-0.2, 0) is 33.4 Å². The summed E-state index contributed by atoms with van der Waals surface area (Å²) in [5, 5.41) is 0. The molecule has 0 bridgehead atoms. The second kappa shape index (κ2) is 6.68. The van der Waals surface area contributed by atoms with E-state index in [1.165, 1.54) is 6.20 Å². The maximum atomic E-state index is 12.8. The summed E-state index contributed by atoms with van der Waals surface area (Å²) in [5.74, 6) is -1.68. The molecular formula is C14H19F3N2O3. The highest BCUT2D eigenvalue weighted by molar-refractivity contribution is 5.72. The Morgan fingerprint density at radius 1 is 1.55 bits per heavy atom. The van der Waals surface area contributed by atoms with E-state index in [1.54, 1.807) is 7.11 Å². The van der Waals surface area contributed by atoms with E-state index in [9.17, 15) is 18.0 Å². The van der Waals surface area contributed by atoms with Crippen molar-refractivity contribution in [3.05, 3.63) is 17.7 Å². The molecule has 0 amide bonds. The minimum atomic E-state index is -4.47. The number of aromatic nitrogens is 2. The van der Waals surface area contributed by atoms with Crippen LogP contribution in [0.4, 0.5) is 13.2 Å². The van der Waals surface area contributed by atoms with Crippen LogP contribution in [0.1, 0.15) is 31.3 Å². The van der Waals surface area contributed by atoms with Crippen molar-refractivity contribution >= 4 is 5.97 Å². The lowest BCUT2D eigenvalue weighted by atomic mass is 9.96. The molecule has 1 aliphatic rings. The van der Waals surface area contributed by atoms with Gasteiger partial charge in [0.05, 0.1) is 18.6 Å². The van der Waals surface area contributed by atoms with Gasteiger partial charge in [0.1, 0.15) is 0 Å². The SMILES string of the molecule is CO[C@H](C)CCOC(=O)[C@H]1CCn2c(cnc2C(F)(F)F)C1. The van der Waals surface area contributed by atoms with Crippen LogP contribution in [0.5, 0.6) is 0 Å². The third-order valence-electron chi connectivity index (χ3n) is 3.85. The first kappa shape index (κ1) is 16.8. The zero-order valence-corrected chi connectivity index (χ0v) is 12.5. The molecular weight excluding hydrogens is 301 g/mol. The van der Waals surface area contributed by atoms with E-state index in [2.05, 4.69) is 4.98 Å². The van der Waals surface area contributed by atoms with Gasteiger partial charge >= 0.3 is 12.1 Å². The number of imidazole rings is 1. The molecule has 2 atom stereocenters. The summed E-state index contributed by atoms with van der Waals surface area (Å²) in [6.07, 6.45) is -2.15. The summed E-state index contributed by atoms with van der Waals surface area (Å²) < 4.78 is 49.6. The zero-order valence-electron chi connectivity index (χ0n) is 12.5. The Hall–Kier alpha value is -1.57. The van der Waals surface area contributed by atoms with Crippen molar-refractivity contribution < 1.29 is 27.4 Å². The van der Waals surface area contributed by atoms with Crippen LogP contribution in [0.2, 0.25) is 0 Å². The molecule has 1 aromatic heterocycles. The lowest BCUT2D eigenvalue weighted by Gasteiger charge is -2.24. The van der Waals surface area contributed by atoms with Gasteiger partial charge in [0.15, 0.2) is 0 Å². The van der Waals surface area contributed by atoms with E-state index >= 15 is 0 Å². The molecule has 0 fully saturated rings. The third kappa shape index (κ3) is 3.79. The highest BCUT2D eigenvalue weighted by Gasteiger charge is 2.39. The Balaban J connectivity index is 1.92. The number of carbonyl (C=O) groups is 1. The molecule has 0 aromatic carbocycles. The third-order valence-corrected chi connectivity index (χ3v) is 3.85. The predicted molar refractivity (Wildman–Crippen MR) is 71.1 cm³/mol. The van der Waals surface area contributed by atoms with Crippen LogP contribution < -0.4 is 0 Å². The molecule has 8 heteroatoms. The van der Waals surface area contributed by atoms with Crippen molar-refractivity contribution in [3.8, 4) is 0 Å². The predicted octanol–water partition coefficient (Wildman–Crippen LogP) is 2.43. The highest BCUT2D eigenvalue weighted by atomic mass is 19.4. The lowest BCUT2D eigenvalue weighted by Crippen LogP contribution is -2.29. The van der Waals surface area contributed by atoms with Gasteiger partial charge in [0.2, 0.25) is 5.82 Å². The molecule has 0 aliphatic carbocycles. The van der Waals surface area contributed by atoms with Gasteiger partial charge in [-0.3, -0.25) is 4.79 Å². The summed E-state index contributed by atoms with van der Waals surface area (Å²) in [6, 6.07) is 0. The Morgan fingerprint density at radius 2 is 2.27 bits per heavy atom. The molecule has 0 saturated carbocycles. The van der Waals surface area contributed by atoms with E-state index in [4.69, 9.17) is 9.47 Å². The van der Waals surface area contributed by atoms with Gasteiger partial charge in [-0.1, -0.05) is 0 Å². The molecule has 2 heterocycles. The van der Waals surface area contributed by atoms with Crippen LogP contribution in [0.25, 0.3) is 0 Å². The monoisotopic (exact) mass is 320 g/mol. The number of rotatable bonds is 5. The second-order valence-corrected chi connectivity index (χ2v) is 5.41. The van der Waals surface area contributed by atoms with Gasteiger partial charge in [0, 0.05) is 38.4 Å². The minimum Gasteiger partial charge on any atom is -0.465 e. The molecule has 1 aromatic rings. The molecule has 1 aliphatic heterocycles. The van der Waals surface area contributed by atoms with Crippen LogP contribution in [0.15, 0.2) is 6.20 Å². The van der Waals surface area contributed by atoms with E-state index < -0.39 is 17.9 Å². The minimum absolute atomic E-state index is 0.00469. The number of nitrogens with zero attached hydrogens (tertiary/aromatic N) is 2. The Kier molecular flexibility index (Phi) is 5.10. The number of ether oxygens (including phenoxy) is 2. The Labute approximate surface area is 126 Å². The molecule has 2 rings (SSSR count). The zero-order chi connectivity index (χ0) is 16.3. The van der Waals surface area contributed by atoms with E-state index in [0.717, 1.165) is 4.57 Å². The number of esters is 1. The quantitative estimate of drug-likeness (QED) is 0.782. The van der Waals surface area contributed by atoms with Crippen molar-refractivity contribution in [2.45, 2.75) is 45.0 Å². The van der Waals surface area contributed by atoms with Crippen LogP contribution in [-0.4, -0.2) is 35.3 Å². The Morgan fingerprint density at radius 3 is 2.91 bits per heavy atom. The molecule has 124 valence electrons. The highest BCUT2D eigenvalue weighted by Crippen LogP contribution is 2.32. The van der Waals surface area contributed by atoms with Gasteiger partial charge in [-0.25, -0.2) is 4.98 Å². The van der Waals surface area contributed by atoms with Gasteiger partial charge in [-0.05, 0) is 13.3 Å². The van der Waals surface area contributed by atoms with E-state index in [0.29, 0.717) is 18.5 Å². The first-order chi connectivity index (χ1) is 10.3. The number of carbonyl (C=O) groups excluding carboxylic acids is 1. The summed E-state index contributed by atoms with van der Waals surface area (Å²) in [6.45, 7) is 2.24. The molecule has 0 spiro atoms. The van der Waals surface area contributed by atoms with Crippen LogP contribution in [0.3, 0.4) is 0 Å². The largest absolute Gasteiger partial charge is 0.465 e. The standard InChI is InChI=1S/C14H19F3N2O3/c1-9(21-2)4-6-22-12(20)10-3-5-19-11(7-10)8-18-13(19)14(15,16)17/h8-10H,3-7H2,1-2H3/t9-,10+/m1/s1. The molecule has 0 unspecified atom stereocenters. The number of fused-ring (bicyclic) bond motifs is 1. The van der Waals surface area contributed by atoms with E-state index in [1.807, 2.05) is 6.92 Å². The van der Waals surface area contributed by atoms with Crippen molar-refractivity contribution in [2.75, 3.05) is 13.7 Å². The number of methoxy groups -OCH3 is 1. The summed E-state index contributed by atoms with van der Waals surface area (Å²) in [5.41, 5.74) is 0.422. The van der Waals surface area contributed by atoms with Crippen molar-refractivity contribution in [1.82, 2.24) is 9.55 Å². The van der Waals surface area contributed by atoms with Gasteiger partial charge in [-0.15, -0.1) is 0 Å². The molecule has 0 N–H and O–H groups in total. The number of hydrogen-bond donors (Lipinski definition) is 0. The maximum Gasteiger partial charge on any atom is 0.449 e. The average Bonchev–Trinajstić information content (AvgIpc) is 2.89. The molecule has 0 saturated heterocycles. The summed E-state index contributed by atoms with van der Waals surface area (Å²) >= 11 is 0. The first-order valence-corrected chi connectivity index (χ1v) is 7.14. The van der Waals surface area contributed by atoms with Gasteiger partial charge in [-0.2, -0.15) is 13.2 Å². The fourth-order valence-electron chi connectivity index (χ4n) is 2.45. The van der Waals surface area contributed by atoms with Crippen molar-refractivity contribution in [2.24, 2.45) is 5.92 Å². The van der Waals surface area contributed by atoms with Crippen LogP contribution in [0, 0.1) is 5.92 Å². The van der Waals surface area contributed by atoms with Crippen molar-refractivity contribution in [1.29, 1.82) is 0 Å². The molecule has 5 nitrogen and oxygen atoms in total. The van der Waals surface area contributed by atoms with Gasteiger partial charge in [0.25, 0.3) is 0 Å². The fourth-order valence-corrected chi connectivity index (χ4v) is 2.45. The van der Waals surface area contributed by atoms with E-state index in [-0.39, 0.29) is 31.6 Å². The first-order valence-electron chi connectivity index (χ1n) is 7.14. The number of halogens is 3. The Bertz CT molecular complexity index is 528. The number of alkyl halides is 3. The molecule has 22 heavy (non-hydrogen) atoms.